The van der Waals surface area contributed by atoms with Crippen molar-refractivity contribution < 1.29 is 13.2 Å². The zero-order valence-corrected chi connectivity index (χ0v) is 7.43. The maximum Gasteiger partial charge on any atom is 0.389 e. The van der Waals surface area contributed by atoms with Gasteiger partial charge in [0.15, 0.2) is 5.82 Å². The minimum atomic E-state index is -4.15. The van der Waals surface area contributed by atoms with Crippen LogP contribution in [0.3, 0.4) is 0 Å². The van der Waals surface area contributed by atoms with E-state index in [4.69, 9.17) is 5.73 Å². The number of nitrogens with two attached hydrogens (primary N) is 1. The lowest BCUT2D eigenvalue weighted by molar-refractivity contribution is -0.134. The van der Waals surface area contributed by atoms with Gasteiger partial charge in [0.1, 0.15) is 5.82 Å². The highest BCUT2D eigenvalue weighted by Gasteiger charge is 2.27. The van der Waals surface area contributed by atoms with Crippen molar-refractivity contribution >= 4 is 0 Å². The molecule has 0 fully saturated rings. The molecule has 1 heterocycles. The van der Waals surface area contributed by atoms with Crippen LogP contribution < -0.4 is 5.73 Å². The summed E-state index contributed by atoms with van der Waals surface area (Å²) in [4.78, 5) is 3.86. The smallest absolute Gasteiger partial charge is 0.330 e. The third-order valence-corrected chi connectivity index (χ3v) is 1.59. The first kappa shape index (κ1) is 11.0. The van der Waals surface area contributed by atoms with Crippen molar-refractivity contribution in [1.82, 2.24) is 15.2 Å². The lowest BCUT2D eigenvalue weighted by Crippen LogP contribution is -2.09. The van der Waals surface area contributed by atoms with Crippen LogP contribution in [-0.2, 0) is 12.8 Å². The van der Waals surface area contributed by atoms with Crippen molar-refractivity contribution in [1.29, 1.82) is 0 Å². The van der Waals surface area contributed by atoms with Gasteiger partial charge in [0, 0.05) is 12.8 Å². The molecule has 0 unspecified atom stereocenters. The highest BCUT2D eigenvalue weighted by molar-refractivity contribution is 4.91. The molecule has 3 N–H and O–H groups in total. The molecule has 0 spiro atoms. The Bertz CT molecular complexity index is 281. The van der Waals surface area contributed by atoms with Gasteiger partial charge in [-0.25, -0.2) is 4.98 Å². The molecule has 0 saturated carbocycles. The van der Waals surface area contributed by atoms with Crippen molar-refractivity contribution in [2.45, 2.75) is 25.4 Å². The van der Waals surface area contributed by atoms with E-state index in [1.54, 1.807) is 0 Å². The van der Waals surface area contributed by atoms with Crippen LogP contribution >= 0.6 is 0 Å². The summed E-state index contributed by atoms with van der Waals surface area (Å²) in [6.45, 7) is 0.385. The number of nitrogens with one attached hydrogen (secondary N) is 1. The van der Waals surface area contributed by atoms with Crippen molar-refractivity contribution in [3.8, 4) is 0 Å². The van der Waals surface area contributed by atoms with Crippen molar-refractivity contribution in [3.63, 3.8) is 0 Å². The second kappa shape index (κ2) is 4.41. The number of H-pyrrole nitrogens is 1. The fourth-order valence-electron chi connectivity index (χ4n) is 0.948. The van der Waals surface area contributed by atoms with E-state index in [1.807, 2.05) is 0 Å². The number of aromatic amines is 1. The predicted molar refractivity (Wildman–Crippen MR) is 43.5 cm³/mol. The van der Waals surface area contributed by atoms with Gasteiger partial charge in [-0.1, -0.05) is 0 Å². The Morgan fingerprint density at radius 2 is 2.00 bits per heavy atom. The maximum atomic E-state index is 11.8. The van der Waals surface area contributed by atoms with Crippen LogP contribution in [0.5, 0.6) is 0 Å². The van der Waals surface area contributed by atoms with Gasteiger partial charge in [-0.2, -0.15) is 18.3 Å². The molecule has 1 rings (SSSR count). The molecule has 80 valence electrons. The number of rotatable bonds is 4. The Labute approximate surface area is 78.7 Å². The molecule has 0 saturated heterocycles. The lowest BCUT2D eigenvalue weighted by Gasteiger charge is -2.02. The fourth-order valence-corrected chi connectivity index (χ4v) is 0.948. The van der Waals surface area contributed by atoms with Crippen molar-refractivity contribution in [2.24, 2.45) is 5.73 Å². The Balaban J connectivity index is 2.44. The zero-order chi connectivity index (χ0) is 10.6. The quantitative estimate of drug-likeness (QED) is 0.769. The van der Waals surface area contributed by atoms with Gasteiger partial charge in [0.05, 0.1) is 6.42 Å². The number of hydrogen-bond acceptors (Lipinski definition) is 3. The molecule has 0 bridgehead atoms. The van der Waals surface area contributed by atoms with Gasteiger partial charge < -0.3 is 5.73 Å². The van der Waals surface area contributed by atoms with Crippen LogP contribution in [0.1, 0.15) is 18.1 Å². The maximum absolute atomic E-state index is 11.8. The summed E-state index contributed by atoms with van der Waals surface area (Å²) in [5.74, 6) is 0.718. The average molecular weight is 208 g/mol. The number of halogens is 3. The molecule has 1 aromatic heterocycles. The monoisotopic (exact) mass is 208 g/mol. The van der Waals surface area contributed by atoms with Gasteiger partial charge in [0.25, 0.3) is 0 Å². The highest BCUT2D eigenvalue weighted by Crippen LogP contribution is 2.20. The lowest BCUT2D eigenvalue weighted by atomic mass is 10.3. The molecule has 14 heavy (non-hydrogen) atoms. The first-order valence-corrected chi connectivity index (χ1v) is 4.18. The molecule has 1 aromatic rings. The van der Waals surface area contributed by atoms with Crippen LogP contribution in [0.15, 0.2) is 0 Å². The van der Waals surface area contributed by atoms with E-state index in [2.05, 4.69) is 15.2 Å². The first-order valence-electron chi connectivity index (χ1n) is 4.18. The minimum absolute atomic E-state index is 0.166. The van der Waals surface area contributed by atoms with Gasteiger partial charge in [0.2, 0.25) is 0 Å². The summed E-state index contributed by atoms with van der Waals surface area (Å²) in [6, 6.07) is 0. The van der Waals surface area contributed by atoms with E-state index < -0.39 is 12.6 Å². The van der Waals surface area contributed by atoms with E-state index in [0.717, 1.165) is 0 Å². The van der Waals surface area contributed by atoms with E-state index >= 15 is 0 Å². The highest BCUT2D eigenvalue weighted by atomic mass is 19.4. The van der Waals surface area contributed by atoms with Gasteiger partial charge in [-0.05, 0) is 6.54 Å². The molecule has 0 aromatic carbocycles. The Kier molecular flexibility index (Phi) is 3.45. The molecule has 0 radical (unpaired) electrons. The number of alkyl halides is 3. The first-order chi connectivity index (χ1) is 6.51. The molecular formula is C7H11F3N4. The van der Waals surface area contributed by atoms with Gasteiger partial charge in [-0.15, -0.1) is 0 Å². The zero-order valence-electron chi connectivity index (χ0n) is 7.43. The molecule has 0 amide bonds. The second-order valence-corrected chi connectivity index (χ2v) is 2.85. The Hall–Kier alpha value is -1.11. The Morgan fingerprint density at radius 3 is 2.57 bits per heavy atom. The number of nitrogens with zero attached hydrogens (tertiary/aromatic N) is 2. The molecule has 0 aliphatic carbocycles. The van der Waals surface area contributed by atoms with Crippen LogP contribution in [0.4, 0.5) is 13.2 Å². The largest absolute Gasteiger partial charge is 0.389 e. The van der Waals surface area contributed by atoms with Crippen LogP contribution in [0.2, 0.25) is 0 Å². The third-order valence-electron chi connectivity index (χ3n) is 1.59. The minimum Gasteiger partial charge on any atom is -0.330 e. The van der Waals surface area contributed by atoms with E-state index in [0.29, 0.717) is 18.8 Å². The standard InChI is InChI=1S/C7H11F3N4/c8-7(9,10)3-1-5-12-6(2-4-11)14-13-5/h1-4,11H2,(H,12,13,14). The molecule has 7 heteroatoms. The Morgan fingerprint density at radius 1 is 1.29 bits per heavy atom. The molecule has 4 nitrogen and oxygen atoms in total. The van der Waals surface area contributed by atoms with Crippen molar-refractivity contribution in [3.05, 3.63) is 11.6 Å². The number of aryl methyl sites for hydroxylation is 1. The fraction of sp³-hybridized carbons (Fsp3) is 0.714. The summed E-state index contributed by atoms with van der Waals surface area (Å²) in [7, 11) is 0. The van der Waals surface area contributed by atoms with E-state index in [9.17, 15) is 13.2 Å². The van der Waals surface area contributed by atoms with E-state index in [-0.39, 0.29) is 12.2 Å². The van der Waals surface area contributed by atoms with Crippen LogP contribution in [0.25, 0.3) is 0 Å². The molecule has 0 atom stereocenters. The van der Waals surface area contributed by atoms with Crippen molar-refractivity contribution in [2.75, 3.05) is 6.54 Å². The third kappa shape index (κ3) is 3.73. The summed E-state index contributed by atoms with van der Waals surface area (Å²) in [6.07, 6.45) is -4.73. The SMILES string of the molecule is NCCc1n[nH]c(CCC(F)(F)F)n1. The predicted octanol–water partition coefficient (Wildman–Crippen LogP) is 0.801. The topological polar surface area (TPSA) is 67.6 Å². The molecular weight excluding hydrogens is 197 g/mol. The molecule has 0 aliphatic heterocycles. The normalized spacial score (nSPS) is 12.0. The summed E-state index contributed by atoms with van der Waals surface area (Å²) < 4.78 is 35.4. The number of aromatic nitrogens is 3. The van der Waals surface area contributed by atoms with Gasteiger partial charge >= 0.3 is 6.18 Å². The van der Waals surface area contributed by atoms with Gasteiger partial charge in [-0.3, -0.25) is 5.10 Å². The second-order valence-electron chi connectivity index (χ2n) is 2.85. The average Bonchev–Trinajstić information content (AvgIpc) is 2.49. The summed E-state index contributed by atoms with van der Waals surface area (Å²) in [5.41, 5.74) is 5.24. The van der Waals surface area contributed by atoms with Crippen LogP contribution in [-0.4, -0.2) is 27.9 Å². The van der Waals surface area contributed by atoms with E-state index in [1.165, 1.54) is 0 Å². The van der Waals surface area contributed by atoms with Crippen LogP contribution in [0, 0.1) is 0 Å². The summed E-state index contributed by atoms with van der Waals surface area (Å²) >= 11 is 0. The number of hydrogen-bond donors (Lipinski definition) is 2. The molecule has 0 aliphatic rings. The summed E-state index contributed by atoms with van der Waals surface area (Å²) in [5, 5.41) is 6.17.